The molecule has 0 saturated carbocycles. The number of hydrogen-bond acceptors (Lipinski definition) is 5. The normalized spacial score (nSPS) is 15.4. The topological polar surface area (TPSA) is 101 Å². The van der Waals surface area contributed by atoms with Gasteiger partial charge < -0.3 is 20.5 Å². The molecule has 1 amide bonds. The highest BCUT2D eigenvalue weighted by Crippen LogP contribution is 2.23. The Balaban J connectivity index is 1.61. The van der Waals surface area contributed by atoms with Crippen LogP contribution in [0.25, 0.3) is 0 Å². The summed E-state index contributed by atoms with van der Waals surface area (Å²) in [4.78, 5) is 15.2. The molecule has 1 aliphatic heterocycles. The number of ether oxygens (including phenoxy) is 2. The van der Waals surface area contributed by atoms with Crippen LogP contribution in [0, 0.1) is 5.41 Å². The number of nitrogen functional groups attached to an aromatic ring is 1. The molecule has 1 aliphatic rings. The van der Waals surface area contributed by atoms with Gasteiger partial charge in [0, 0.05) is 30.8 Å². The van der Waals surface area contributed by atoms with Crippen LogP contribution in [-0.2, 0) is 9.53 Å². The first kappa shape index (κ1) is 20.8. The van der Waals surface area contributed by atoms with Gasteiger partial charge in [0.05, 0.1) is 13.2 Å². The molecular formula is C22H28N4O3. The molecular weight excluding hydrogens is 368 g/mol. The van der Waals surface area contributed by atoms with Crippen molar-refractivity contribution < 1.29 is 14.3 Å². The van der Waals surface area contributed by atoms with Crippen LogP contribution in [0.2, 0.25) is 0 Å². The zero-order chi connectivity index (χ0) is 20.5. The van der Waals surface area contributed by atoms with Crippen molar-refractivity contribution in [3.63, 3.8) is 0 Å². The molecule has 1 heterocycles. The van der Waals surface area contributed by atoms with Crippen LogP contribution >= 0.6 is 0 Å². The van der Waals surface area contributed by atoms with Gasteiger partial charge >= 0.3 is 0 Å². The van der Waals surface area contributed by atoms with Crippen molar-refractivity contribution in [1.82, 2.24) is 10.2 Å². The van der Waals surface area contributed by atoms with Gasteiger partial charge in [-0.15, -0.1) is 0 Å². The van der Waals surface area contributed by atoms with E-state index in [0.717, 1.165) is 44.8 Å². The summed E-state index contributed by atoms with van der Waals surface area (Å²) in [6.45, 7) is 4.94. The summed E-state index contributed by atoms with van der Waals surface area (Å²) in [7, 11) is 0. The molecule has 1 fully saturated rings. The lowest BCUT2D eigenvalue weighted by Crippen LogP contribution is -2.39. The fourth-order valence-corrected chi connectivity index (χ4v) is 3.21. The van der Waals surface area contributed by atoms with Crippen LogP contribution in [0.1, 0.15) is 23.7 Å². The monoisotopic (exact) mass is 396 g/mol. The number of amidine groups is 1. The van der Waals surface area contributed by atoms with Crippen molar-refractivity contribution in [1.29, 1.82) is 5.41 Å². The van der Waals surface area contributed by atoms with E-state index in [9.17, 15) is 4.79 Å². The fraction of sp³-hybridized carbons (Fsp3) is 0.364. The molecule has 0 bridgehead atoms. The van der Waals surface area contributed by atoms with E-state index in [0.29, 0.717) is 17.9 Å². The third-order valence-corrected chi connectivity index (χ3v) is 4.79. The minimum absolute atomic E-state index is 0.0423. The number of rotatable bonds is 9. The van der Waals surface area contributed by atoms with Crippen molar-refractivity contribution >= 4 is 11.7 Å². The van der Waals surface area contributed by atoms with Crippen molar-refractivity contribution in [3.8, 4) is 5.75 Å². The van der Waals surface area contributed by atoms with Crippen LogP contribution < -0.4 is 15.8 Å². The van der Waals surface area contributed by atoms with Crippen LogP contribution in [0.3, 0.4) is 0 Å². The van der Waals surface area contributed by atoms with Crippen molar-refractivity contribution in [2.75, 3.05) is 39.4 Å². The first-order chi connectivity index (χ1) is 14.1. The van der Waals surface area contributed by atoms with E-state index in [4.69, 9.17) is 20.6 Å². The number of nitrogens with two attached hydrogens (primary N) is 1. The lowest BCUT2D eigenvalue weighted by molar-refractivity contribution is -0.128. The average molecular weight is 396 g/mol. The quantitative estimate of drug-likeness (QED) is 0.342. The lowest BCUT2D eigenvalue weighted by atomic mass is 10.1. The highest BCUT2D eigenvalue weighted by Gasteiger charge is 2.22. The largest absolute Gasteiger partial charge is 0.476 e. The van der Waals surface area contributed by atoms with E-state index in [1.165, 1.54) is 0 Å². The van der Waals surface area contributed by atoms with Gasteiger partial charge in [-0.05, 0) is 25.1 Å². The predicted octanol–water partition coefficient (Wildman–Crippen LogP) is 1.93. The average Bonchev–Trinajstić information content (AvgIpc) is 2.76. The molecule has 1 atom stereocenters. The zero-order valence-corrected chi connectivity index (χ0v) is 16.5. The van der Waals surface area contributed by atoms with E-state index in [1.807, 2.05) is 30.3 Å². The van der Waals surface area contributed by atoms with Gasteiger partial charge in [-0.2, -0.15) is 0 Å². The first-order valence-corrected chi connectivity index (χ1v) is 9.87. The standard InChI is InChI=1S/C22H28N4O3/c23-21(24)18-8-4-9-19(16-18)29-20(17-6-2-1-3-7-17)22(27)25-10-5-11-26-12-14-28-15-13-26/h1-4,6-9,16,20H,5,10-15H2,(H3,23,24)(H,25,27). The van der Waals surface area contributed by atoms with E-state index < -0.39 is 6.10 Å². The van der Waals surface area contributed by atoms with E-state index in [-0.39, 0.29) is 11.7 Å². The highest BCUT2D eigenvalue weighted by atomic mass is 16.5. The third-order valence-electron chi connectivity index (χ3n) is 4.79. The molecule has 0 aliphatic carbocycles. The smallest absolute Gasteiger partial charge is 0.265 e. The minimum atomic E-state index is -0.776. The summed E-state index contributed by atoms with van der Waals surface area (Å²) in [5.74, 6) is 0.265. The van der Waals surface area contributed by atoms with Crippen LogP contribution in [-0.4, -0.2) is 56.0 Å². The lowest BCUT2D eigenvalue weighted by Gasteiger charge is -2.26. The van der Waals surface area contributed by atoms with E-state index >= 15 is 0 Å². The Hall–Kier alpha value is -2.90. The van der Waals surface area contributed by atoms with Crippen LogP contribution in [0.15, 0.2) is 54.6 Å². The summed E-state index contributed by atoms with van der Waals surface area (Å²) >= 11 is 0. The summed E-state index contributed by atoms with van der Waals surface area (Å²) in [6, 6.07) is 16.3. The minimum Gasteiger partial charge on any atom is -0.476 e. The van der Waals surface area contributed by atoms with Gasteiger partial charge in [-0.25, -0.2) is 0 Å². The Bertz CT molecular complexity index is 807. The molecule has 0 radical (unpaired) electrons. The molecule has 2 aromatic carbocycles. The number of hydrogen-bond donors (Lipinski definition) is 3. The number of amides is 1. The van der Waals surface area contributed by atoms with Gasteiger partial charge in [0.15, 0.2) is 0 Å². The van der Waals surface area contributed by atoms with Crippen LogP contribution in [0.5, 0.6) is 5.75 Å². The molecule has 1 saturated heterocycles. The number of nitrogens with one attached hydrogen (secondary N) is 2. The number of benzene rings is 2. The second-order valence-electron chi connectivity index (χ2n) is 6.95. The van der Waals surface area contributed by atoms with Gasteiger partial charge in [0.1, 0.15) is 11.6 Å². The maximum Gasteiger partial charge on any atom is 0.265 e. The molecule has 7 nitrogen and oxygen atoms in total. The summed E-state index contributed by atoms with van der Waals surface area (Å²) in [6.07, 6.45) is 0.0920. The first-order valence-electron chi connectivity index (χ1n) is 9.87. The molecule has 1 unspecified atom stereocenters. The maximum absolute atomic E-state index is 12.9. The van der Waals surface area contributed by atoms with Gasteiger partial charge in [-0.1, -0.05) is 42.5 Å². The van der Waals surface area contributed by atoms with Gasteiger partial charge in [-0.3, -0.25) is 15.1 Å². The molecule has 0 spiro atoms. The van der Waals surface area contributed by atoms with E-state index in [2.05, 4.69) is 10.2 Å². The van der Waals surface area contributed by atoms with Crippen molar-refractivity contribution in [2.45, 2.75) is 12.5 Å². The molecule has 29 heavy (non-hydrogen) atoms. The molecule has 154 valence electrons. The second-order valence-corrected chi connectivity index (χ2v) is 6.95. The van der Waals surface area contributed by atoms with Gasteiger partial charge in [0.25, 0.3) is 5.91 Å². The molecule has 0 aromatic heterocycles. The maximum atomic E-state index is 12.9. The SMILES string of the molecule is N=C(N)c1cccc(OC(C(=O)NCCCN2CCOCC2)c2ccccc2)c1. The molecule has 4 N–H and O–H groups in total. The number of carbonyl (C=O) groups excluding carboxylic acids is 1. The Morgan fingerprint density at radius 1 is 1.17 bits per heavy atom. The summed E-state index contributed by atoms with van der Waals surface area (Å²) < 4.78 is 11.4. The summed E-state index contributed by atoms with van der Waals surface area (Å²) in [5.41, 5.74) is 6.89. The zero-order valence-electron chi connectivity index (χ0n) is 16.5. The summed E-state index contributed by atoms with van der Waals surface area (Å²) in [5, 5.41) is 10.6. The van der Waals surface area contributed by atoms with Crippen molar-refractivity contribution in [2.24, 2.45) is 5.73 Å². The van der Waals surface area contributed by atoms with Crippen molar-refractivity contribution in [3.05, 3.63) is 65.7 Å². The third kappa shape index (κ3) is 6.30. The van der Waals surface area contributed by atoms with E-state index in [1.54, 1.807) is 24.3 Å². The van der Waals surface area contributed by atoms with Crippen LogP contribution in [0.4, 0.5) is 0 Å². The molecule has 3 rings (SSSR count). The van der Waals surface area contributed by atoms with Gasteiger partial charge in [0.2, 0.25) is 6.10 Å². The number of morpholine rings is 1. The number of nitrogens with zero attached hydrogens (tertiary/aromatic N) is 1. The Morgan fingerprint density at radius 2 is 1.93 bits per heavy atom. The Kier molecular flexibility index (Phi) is 7.61. The Morgan fingerprint density at radius 3 is 2.66 bits per heavy atom. The molecule has 7 heteroatoms. The highest BCUT2D eigenvalue weighted by molar-refractivity contribution is 5.95. The number of carbonyl (C=O) groups is 1. The predicted molar refractivity (Wildman–Crippen MR) is 112 cm³/mol. The second kappa shape index (κ2) is 10.6. The molecule has 2 aromatic rings. The fourth-order valence-electron chi connectivity index (χ4n) is 3.21. The Labute approximate surface area is 171 Å².